The Kier molecular flexibility index (Phi) is 7.51. The second-order valence-electron chi connectivity index (χ2n) is 2.99. The molecule has 0 aromatic rings. The van der Waals surface area contributed by atoms with E-state index >= 15 is 0 Å². The van der Waals surface area contributed by atoms with E-state index in [9.17, 15) is 0 Å². The third kappa shape index (κ3) is 3.55. The first-order valence-electron chi connectivity index (χ1n) is 5.32. The molecule has 2 N–H and O–H groups in total. The lowest BCUT2D eigenvalue weighted by Gasteiger charge is -2.16. The van der Waals surface area contributed by atoms with Gasteiger partial charge >= 0.3 is 0 Å². The number of nitrogens with one attached hydrogen (secondary N) is 2. The fraction of sp³-hybridized carbons (Fsp3) is 1.00. The number of hydrogen-bond acceptors (Lipinski definition) is 2. The minimum atomic E-state index is 0.731. The van der Waals surface area contributed by atoms with Crippen LogP contribution in [0.4, 0.5) is 0 Å². The molecule has 0 aromatic carbocycles. The highest BCUT2D eigenvalue weighted by Gasteiger charge is 2.23. The summed E-state index contributed by atoms with van der Waals surface area (Å²) in [6.07, 6.45) is 1.30. The van der Waals surface area contributed by atoms with Crippen molar-refractivity contribution >= 4 is 0 Å². The summed E-state index contributed by atoms with van der Waals surface area (Å²) in [6, 6.07) is 0.731. The molecule has 0 aliphatic carbocycles. The van der Waals surface area contributed by atoms with Crippen LogP contribution in [-0.2, 0) is 0 Å². The number of rotatable bonds is 3. The smallest absolute Gasteiger partial charge is 0.0232 e. The molecule has 0 aromatic heterocycles. The molecule has 0 bridgehead atoms. The molecule has 1 aliphatic heterocycles. The predicted molar refractivity (Wildman–Crippen MR) is 55.5 cm³/mol. The predicted octanol–water partition coefficient (Wildman–Crippen LogP) is 1.62. The Morgan fingerprint density at radius 3 is 2.42 bits per heavy atom. The summed E-state index contributed by atoms with van der Waals surface area (Å²) >= 11 is 0. The van der Waals surface area contributed by atoms with E-state index in [0.29, 0.717) is 0 Å². The summed E-state index contributed by atoms with van der Waals surface area (Å²) < 4.78 is 0. The highest BCUT2D eigenvalue weighted by molar-refractivity contribution is 4.85. The van der Waals surface area contributed by atoms with Gasteiger partial charge in [0, 0.05) is 12.6 Å². The third-order valence-corrected chi connectivity index (χ3v) is 2.33. The topological polar surface area (TPSA) is 24.1 Å². The van der Waals surface area contributed by atoms with Crippen molar-refractivity contribution in [1.29, 1.82) is 0 Å². The SMILES string of the molecule is CC.CCNC1CNCC1CC. The third-order valence-electron chi connectivity index (χ3n) is 2.33. The maximum Gasteiger partial charge on any atom is 0.0232 e. The number of likely N-dealkylation sites (N-methyl/N-ethyl adjacent to an activating group) is 1. The van der Waals surface area contributed by atoms with Gasteiger partial charge in [0.05, 0.1) is 0 Å². The van der Waals surface area contributed by atoms with E-state index in [1.165, 1.54) is 13.0 Å². The van der Waals surface area contributed by atoms with Crippen LogP contribution in [0.2, 0.25) is 0 Å². The van der Waals surface area contributed by atoms with Crippen molar-refractivity contribution < 1.29 is 0 Å². The second-order valence-corrected chi connectivity index (χ2v) is 2.99. The first kappa shape index (κ1) is 11.9. The minimum absolute atomic E-state index is 0.731. The van der Waals surface area contributed by atoms with E-state index < -0.39 is 0 Å². The molecule has 0 amide bonds. The lowest BCUT2D eigenvalue weighted by atomic mass is 10.0. The quantitative estimate of drug-likeness (QED) is 0.676. The average molecular weight is 172 g/mol. The molecule has 1 saturated heterocycles. The molecule has 0 saturated carbocycles. The minimum Gasteiger partial charge on any atom is -0.315 e. The zero-order valence-corrected chi connectivity index (χ0v) is 8.98. The maximum absolute atomic E-state index is 3.48. The van der Waals surface area contributed by atoms with Crippen LogP contribution in [-0.4, -0.2) is 25.7 Å². The van der Waals surface area contributed by atoms with Gasteiger partial charge in [-0.3, -0.25) is 0 Å². The molecular formula is C10H24N2. The largest absolute Gasteiger partial charge is 0.315 e. The Bertz CT molecular complexity index is 93.8. The second kappa shape index (κ2) is 7.56. The molecule has 12 heavy (non-hydrogen) atoms. The van der Waals surface area contributed by atoms with Crippen molar-refractivity contribution in [2.45, 2.75) is 40.2 Å². The van der Waals surface area contributed by atoms with Crippen molar-refractivity contribution in [3.63, 3.8) is 0 Å². The Hall–Kier alpha value is -0.0800. The van der Waals surface area contributed by atoms with Crippen LogP contribution in [0.5, 0.6) is 0 Å². The molecule has 2 unspecified atom stereocenters. The standard InChI is InChI=1S/C8H18N2.C2H6/c1-3-7-5-9-6-8(7)10-4-2;1-2/h7-10H,3-6H2,1-2H3;1-2H3. The molecule has 1 aliphatic rings. The Morgan fingerprint density at radius 1 is 1.25 bits per heavy atom. The summed E-state index contributed by atoms with van der Waals surface area (Å²) in [5.74, 6) is 0.861. The summed E-state index contributed by atoms with van der Waals surface area (Å²) in [7, 11) is 0. The summed E-state index contributed by atoms with van der Waals surface area (Å²) in [5.41, 5.74) is 0. The normalized spacial score (nSPS) is 28.0. The van der Waals surface area contributed by atoms with Gasteiger partial charge in [0.15, 0.2) is 0 Å². The molecular weight excluding hydrogens is 148 g/mol. The van der Waals surface area contributed by atoms with Gasteiger partial charge in [-0.15, -0.1) is 0 Å². The maximum atomic E-state index is 3.48. The van der Waals surface area contributed by atoms with Crippen molar-refractivity contribution in [2.75, 3.05) is 19.6 Å². The van der Waals surface area contributed by atoms with Crippen LogP contribution in [0.15, 0.2) is 0 Å². The molecule has 74 valence electrons. The van der Waals surface area contributed by atoms with E-state index in [1.807, 2.05) is 13.8 Å². The van der Waals surface area contributed by atoms with Crippen LogP contribution >= 0.6 is 0 Å². The van der Waals surface area contributed by atoms with Gasteiger partial charge in [0.25, 0.3) is 0 Å². The summed E-state index contributed by atoms with van der Waals surface area (Å²) in [5, 5.41) is 6.88. The van der Waals surface area contributed by atoms with E-state index in [1.54, 1.807) is 0 Å². The molecule has 1 fully saturated rings. The van der Waals surface area contributed by atoms with Gasteiger partial charge in [0.1, 0.15) is 0 Å². The van der Waals surface area contributed by atoms with Crippen LogP contribution in [0, 0.1) is 5.92 Å². The van der Waals surface area contributed by atoms with Gasteiger partial charge < -0.3 is 10.6 Å². The van der Waals surface area contributed by atoms with Crippen LogP contribution < -0.4 is 10.6 Å². The lowest BCUT2D eigenvalue weighted by Crippen LogP contribution is -2.35. The molecule has 1 heterocycles. The Morgan fingerprint density at radius 2 is 1.92 bits per heavy atom. The van der Waals surface area contributed by atoms with Gasteiger partial charge in [-0.1, -0.05) is 34.1 Å². The fourth-order valence-corrected chi connectivity index (χ4v) is 1.66. The van der Waals surface area contributed by atoms with E-state index in [-0.39, 0.29) is 0 Å². The molecule has 0 radical (unpaired) electrons. The molecule has 1 rings (SSSR count). The van der Waals surface area contributed by atoms with Crippen molar-refractivity contribution in [3.8, 4) is 0 Å². The Balaban J connectivity index is 0.000000561. The van der Waals surface area contributed by atoms with Crippen LogP contribution in [0.25, 0.3) is 0 Å². The molecule has 2 atom stereocenters. The van der Waals surface area contributed by atoms with Gasteiger partial charge in [-0.25, -0.2) is 0 Å². The Labute approximate surface area is 77.1 Å². The first-order chi connectivity index (χ1) is 5.88. The van der Waals surface area contributed by atoms with Crippen molar-refractivity contribution in [3.05, 3.63) is 0 Å². The van der Waals surface area contributed by atoms with Gasteiger partial charge in [-0.2, -0.15) is 0 Å². The van der Waals surface area contributed by atoms with Crippen LogP contribution in [0.3, 0.4) is 0 Å². The van der Waals surface area contributed by atoms with Crippen molar-refractivity contribution in [1.82, 2.24) is 10.6 Å². The van der Waals surface area contributed by atoms with Crippen molar-refractivity contribution in [2.24, 2.45) is 5.92 Å². The summed E-state index contributed by atoms with van der Waals surface area (Å²) in [6.45, 7) is 11.9. The highest BCUT2D eigenvalue weighted by atomic mass is 15.0. The van der Waals surface area contributed by atoms with E-state index in [2.05, 4.69) is 24.5 Å². The molecule has 0 spiro atoms. The molecule has 2 heteroatoms. The molecule has 2 nitrogen and oxygen atoms in total. The average Bonchev–Trinajstić information content (AvgIpc) is 2.56. The van der Waals surface area contributed by atoms with Gasteiger partial charge in [0.2, 0.25) is 0 Å². The summed E-state index contributed by atoms with van der Waals surface area (Å²) in [4.78, 5) is 0. The van der Waals surface area contributed by atoms with E-state index in [4.69, 9.17) is 0 Å². The van der Waals surface area contributed by atoms with Gasteiger partial charge in [-0.05, 0) is 19.0 Å². The monoisotopic (exact) mass is 172 g/mol. The highest BCUT2D eigenvalue weighted by Crippen LogP contribution is 2.11. The van der Waals surface area contributed by atoms with E-state index in [0.717, 1.165) is 25.0 Å². The fourth-order valence-electron chi connectivity index (χ4n) is 1.66. The first-order valence-corrected chi connectivity index (χ1v) is 5.32. The zero-order valence-electron chi connectivity index (χ0n) is 8.98. The number of hydrogen-bond donors (Lipinski definition) is 2. The zero-order chi connectivity index (χ0) is 9.40. The lowest BCUT2D eigenvalue weighted by molar-refractivity contribution is 0.425. The van der Waals surface area contributed by atoms with Crippen LogP contribution in [0.1, 0.15) is 34.1 Å².